The molecule has 0 heterocycles. The molecule has 0 aliphatic rings. The van der Waals surface area contributed by atoms with E-state index in [1.807, 2.05) is 0 Å². The maximum absolute atomic E-state index is 13.1. The molecule has 0 spiro atoms. The van der Waals surface area contributed by atoms with Crippen LogP contribution in [0.15, 0.2) is 59.5 Å². The number of carbonyl (C=O) groups excluding carboxylic acids is 1. The molecule has 1 amide bonds. The van der Waals surface area contributed by atoms with Gasteiger partial charge in [0.05, 0.1) is 5.02 Å². The molecule has 0 radical (unpaired) electrons. The number of halogens is 4. The summed E-state index contributed by atoms with van der Waals surface area (Å²) in [5.41, 5.74) is 0.920. The molecule has 2 aromatic carbocycles. The summed E-state index contributed by atoms with van der Waals surface area (Å²) in [5, 5.41) is 11.0. The lowest BCUT2D eigenvalue weighted by atomic mass is 10.2. The van der Waals surface area contributed by atoms with Gasteiger partial charge in [0.25, 0.3) is 5.91 Å². The number of thioether (sulfide) groups is 1. The second-order valence-corrected chi connectivity index (χ2v) is 7.13. The third-order valence-corrected chi connectivity index (χ3v) is 4.71. The fourth-order valence-electron chi connectivity index (χ4n) is 2.13. The Bertz CT molecular complexity index is 957. The van der Waals surface area contributed by atoms with Crippen LogP contribution in [0.2, 0.25) is 5.02 Å². The molecule has 0 aliphatic carbocycles. The molecule has 0 saturated carbocycles. The molecule has 0 aromatic heterocycles. The van der Waals surface area contributed by atoms with Gasteiger partial charge in [-0.15, -0.1) is 18.3 Å². The van der Waals surface area contributed by atoms with E-state index in [0.717, 1.165) is 5.57 Å². The van der Waals surface area contributed by atoms with Crippen LogP contribution in [0.3, 0.4) is 0 Å². The average molecular weight is 458 g/mol. The summed E-state index contributed by atoms with van der Waals surface area (Å²) < 4.78 is 39.0. The number of hydrogen-bond acceptors (Lipinski definition) is 3. The van der Waals surface area contributed by atoms with Gasteiger partial charge in [-0.25, -0.2) is 18.0 Å². The zero-order valence-electron chi connectivity index (χ0n) is 16.1. The van der Waals surface area contributed by atoms with E-state index in [1.54, 1.807) is 31.4 Å². The van der Waals surface area contributed by atoms with Crippen molar-refractivity contribution in [2.24, 2.45) is 0 Å². The molecule has 4 nitrogen and oxygen atoms in total. The van der Waals surface area contributed by atoms with E-state index in [4.69, 9.17) is 16.7 Å². The second kappa shape index (κ2) is 12.1. The molecular formula is C21H19ClF3NO3S. The summed E-state index contributed by atoms with van der Waals surface area (Å²) in [6.45, 7) is 5.23. The molecule has 0 saturated heterocycles. The number of carboxylic acids is 1. The minimum Gasteiger partial charge on any atom is -0.478 e. The summed E-state index contributed by atoms with van der Waals surface area (Å²) in [7, 11) is 0. The van der Waals surface area contributed by atoms with Gasteiger partial charge in [-0.05, 0) is 37.8 Å². The van der Waals surface area contributed by atoms with Crippen LogP contribution in [0.4, 0.5) is 18.9 Å². The highest BCUT2D eigenvalue weighted by molar-refractivity contribution is 7.98. The van der Waals surface area contributed by atoms with Gasteiger partial charge < -0.3 is 10.4 Å². The van der Waals surface area contributed by atoms with E-state index >= 15 is 0 Å². The molecule has 30 heavy (non-hydrogen) atoms. The number of anilines is 1. The highest BCUT2D eigenvalue weighted by Crippen LogP contribution is 2.26. The number of rotatable bonds is 6. The quantitative estimate of drug-likeness (QED) is 0.230. The van der Waals surface area contributed by atoms with Crippen molar-refractivity contribution in [3.05, 3.63) is 82.7 Å². The average Bonchev–Trinajstić information content (AvgIpc) is 2.66. The van der Waals surface area contributed by atoms with Crippen LogP contribution < -0.4 is 5.32 Å². The van der Waals surface area contributed by atoms with Gasteiger partial charge in [-0.1, -0.05) is 23.3 Å². The van der Waals surface area contributed by atoms with Crippen molar-refractivity contribution in [3.8, 4) is 0 Å². The first-order chi connectivity index (χ1) is 14.1. The zero-order valence-corrected chi connectivity index (χ0v) is 17.7. The van der Waals surface area contributed by atoms with Crippen molar-refractivity contribution in [2.45, 2.75) is 18.2 Å². The van der Waals surface area contributed by atoms with E-state index < -0.39 is 29.3 Å². The lowest BCUT2D eigenvalue weighted by molar-refractivity contribution is -0.131. The predicted octanol–water partition coefficient (Wildman–Crippen LogP) is 6.32. The first-order valence-electron chi connectivity index (χ1n) is 8.39. The summed E-state index contributed by atoms with van der Waals surface area (Å²) in [4.78, 5) is 22.7. The van der Waals surface area contributed by atoms with Crippen LogP contribution in [-0.2, 0) is 4.79 Å². The lowest BCUT2D eigenvalue weighted by Crippen LogP contribution is -2.12. The van der Waals surface area contributed by atoms with Crippen LogP contribution in [-0.4, -0.2) is 23.2 Å². The highest BCUT2D eigenvalue weighted by Gasteiger charge is 2.14. The Balaban J connectivity index is 0.000000424. The van der Waals surface area contributed by atoms with Gasteiger partial charge in [-0.2, -0.15) is 0 Å². The monoisotopic (exact) mass is 457 g/mol. The minimum atomic E-state index is -1.58. The van der Waals surface area contributed by atoms with Crippen LogP contribution in [0, 0.1) is 17.5 Å². The third-order valence-electron chi connectivity index (χ3n) is 3.49. The Hall–Kier alpha value is -2.71. The van der Waals surface area contributed by atoms with Crippen molar-refractivity contribution < 1.29 is 27.9 Å². The maximum atomic E-state index is 13.1. The predicted molar refractivity (Wildman–Crippen MR) is 114 cm³/mol. The topological polar surface area (TPSA) is 66.4 Å². The van der Waals surface area contributed by atoms with Crippen molar-refractivity contribution in [3.63, 3.8) is 0 Å². The van der Waals surface area contributed by atoms with Crippen molar-refractivity contribution in [2.75, 3.05) is 11.6 Å². The number of aliphatic carboxylic acids is 1. The third kappa shape index (κ3) is 7.96. The second-order valence-electron chi connectivity index (χ2n) is 5.88. The number of amides is 1. The summed E-state index contributed by atoms with van der Waals surface area (Å²) in [5.74, 6) is -5.79. The molecule has 0 unspecified atom stereocenters. The zero-order chi connectivity index (χ0) is 22.8. The molecule has 2 N–H and O–H groups in total. The van der Waals surface area contributed by atoms with E-state index in [2.05, 4.69) is 11.9 Å². The largest absolute Gasteiger partial charge is 0.478 e. The lowest BCUT2D eigenvalue weighted by Gasteiger charge is -2.08. The SMILES string of the molecule is C=CCC(C)=CC(=O)O.CSc1cc(C(=O)Nc2cc(F)c(F)c(F)c2)ccc1Cl. The van der Waals surface area contributed by atoms with Gasteiger partial charge in [0.15, 0.2) is 17.5 Å². The van der Waals surface area contributed by atoms with E-state index in [9.17, 15) is 22.8 Å². The maximum Gasteiger partial charge on any atom is 0.328 e. The van der Waals surface area contributed by atoms with E-state index in [1.165, 1.54) is 23.9 Å². The number of carbonyl (C=O) groups is 2. The smallest absolute Gasteiger partial charge is 0.328 e. The minimum absolute atomic E-state index is 0.169. The number of allylic oxidation sites excluding steroid dienone is 2. The summed E-state index contributed by atoms with van der Waals surface area (Å²) in [6.07, 6.45) is 5.30. The first-order valence-corrected chi connectivity index (χ1v) is 9.99. The number of benzene rings is 2. The fraction of sp³-hybridized carbons (Fsp3) is 0.143. The molecular weight excluding hydrogens is 439 g/mol. The Morgan fingerprint density at radius 3 is 2.30 bits per heavy atom. The van der Waals surface area contributed by atoms with Gasteiger partial charge >= 0.3 is 5.97 Å². The number of hydrogen-bond donors (Lipinski definition) is 2. The van der Waals surface area contributed by atoms with Gasteiger partial charge in [0.2, 0.25) is 0 Å². The summed E-state index contributed by atoms with van der Waals surface area (Å²) in [6, 6.07) is 6.00. The molecule has 9 heteroatoms. The Morgan fingerprint density at radius 2 is 1.80 bits per heavy atom. The molecule has 0 atom stereocenters. The van der Waals surface area contributed by atoms with Gasteiger partial charge in [0.1, 0.15) is 0 Å². The van der Waals surface area contributed by atoms with Crippen LogP contribution in [0.1, 0.15) is 23.7 Å². The van der Waals surface area contributed by atoms with Crippen molar-refractivity contribution >= 4 is 40.9 Å². The molecule has 0 bridgehead atoms. The van der Waals surface area contributed by atoms with Gasteiger partial charge in [0, 0.05) is 34.4 Å². The Morgan fingerprint density at radius 1 is 1.20 bits per heavy atom. The van der Waals surface area contributed by atoms with Crippen LogP contribution >= 0.6 is 23.4 Å². The van der Waals surface area contributed by atoms with Gasteiger partial charge in [-0.3, -0.25) is 4.79 Å². The normalized spacial score (nSPS) is 10.7. The van der Waals surface area contributed by atoms with Crippen molar-refractivity contribution in [1.82, 2.24) is 0 Å². The van der Waals surface area contributed by atoms with Crippen LogP contribution in [0.25, 0.3) is 0 Å². The highest BCUT2D eigenvalue weighted by atomic mass is 35.5. The number of nitrogens with one attached hydrogen (secondary N) is 1. The Labute approximate surface area is 181 Å². The Kier molecular flexibility index (Phi) is 10.2. The standard InChI is InChI=1S/C14H9ClF3NOS.C7H10O2/c1-21-12-4-7(2-3-9(12)15)14(20)19-8-5-10(16)13(18)11(17)6-8;1-3-4-6(2)5-7(8)9/h2-6H,1H3,(H,19,20);3,5H,1,4H2,2H3,(H,8,9). The summed E-state index contributed by atoms with van der Waals surface area (Å²) >= 11 is 7.29. The van der Waals surface area contributed by atoms with Crippen molar-refractivity contribution in [1.29, 1.82) is 0 Å². The van der Waals surface area contributed by atoms with Crippen LogP contribution in [0.5, 0.6) is 0 Å². The van der Waals surface area contributed by atoms with E-state index in [-0.39, 0.29) is 11.3 Å². The molecule has 160 valence electrons. The molecule has 2 aromatic rings. The van der Waals surface area contributed by atoms with E-state index in [0.29, 0.717) is 28.5 Å². The fourth-order valence-corrected chi connectivity index (χ4v) is 2.99. The number of carboxylic acid groups (broad SMARTS) is 1. The molecule has 0 fully saturated rings. The molecule has 2 rings (SSSR count). The molecule has 0 aliphatic heterocycles. The first kappa shape index (κ1) is 25.3.